The number of rotatable bonds is 11. The largest absolute Gasteiger partial charge is 0.416 e. The van der Waals surface area contributed by atoms with Gasteiger partial charge in [-0.3, -0.25) is 9.36 Å². The first-order valence-electron chi connectivity index (χ1n) is 12.0. The van der Waals surface area contributed by atoms with Crippen molar-refractivity contribution in [1.29, 1.82) is 0 Å². The van der Waals surface area contributed by atoms with Crippen LogP contribution in [0.1, 0.15) is 24.1 Å². The number of amides is 1. The highest BCUT2D eigenvalue weighted by atomic mass is 35.5. The van der Waals surface area contributed by atoms with E-state index in [1.165, 1.54) is 37.3 Å². The summed E-state index contributed by atoms with van der Waals surface area (Å²) in [4.78, 5) is 25.9. The lowest BCUT2D eigenvalue weighted by Gasteiger charge is -2.21. The summed E-state index contributed by atoms with van der Waals surface area (Å²) < 4.78 is 106. The molecule has 2 atom stereocenters. The van der Waals surface area contributed by atoms with Gasteiger partial charge in [-0.2, -0.15) is 26.3 Å². The van der Waals surface area contributed by atoms with Gasteiger partial charge in [-0.05, 0) is 48.9 Å². The van der Waals surface area contributed by atoms with Crippen molar-refractivity contribution in [2.75, 3.05) is 12.3 Å². The molecule has 18 heteroatoms. The van der Waals surface area contributed by atoms with Gasteiger partial charge in [0.05, 0.1) is 23.9 Å². The number of sulfonamides is 1. The van der Waals surface area contributed by atoms with Crippen molar-refractivity contribution in [3.8, 4) is 11.4 Å². The Labute approximate surface area is 240 Å². The molecule has 1 aromatic heterocycles. The summed E-state index contributed by atoms with van der Waals surface area (Å²) in [6.07, 6.45) is -12.8. The SMILES string of the molecule is CCS(=O)(=O)NCC(NC(=O)Cn1nc(-c2ccc(Cl)cc2)n(C[C@H](O)C(F)(F)F)c1=O)c1cccc(C(F)(F)F)c1. The molecule has 0 saturated heterocycles. The first-order valence-corrected chi connectivity index (χ1v) is 14.1. The lowest BCUT2D eigenvalue weighted by atomic mass is 10.0. The number of alkyl halides is 6. The number of aliphatic hydroxyl groups is 1. The minimum Gasteiger partial charge on any atom is -0.382 e. The van der Waals surface area contributed by atoms with Gasteiger partial charge in [-0.1, -0.05) is 23.7 Å². The summed E-state index contributed by atoms with van der Waals surface area (Å²) in [6, 6.07) is 7.84. The first kappa shape index (κ1) is 33.1. The van der Waals surface area contributed by atoms with Crippen molar-refractivity contribution in [1.82, 2.24) is 24.4 Å². The number of halogens is 7. The molecule has 0 spiro atoms. The molecule has 3 N–H and O–H groups in total. The summed E-state index contributed by atoms with van der Waals surface area (Å²) in [7, 11) is -3.84. The molecule has 0 aliphatic heterocycles. The van der Waals surface area contributed by atoms with Gasteiger partial charge >= 0.3 is 18.0 Å². The highest BCUT2D eigenvalue weighted by Crippen LogP contribution is 2.31. The Morgan fingerprint density at radius 3 is 2.31 bits per heavy atom. The number of carbonyl (C=O) groups excluding carboxylic acids is 1. The normalized spacial score (nSPS) is 14.0. The van der Waals surface area contributed by atoms with Gasteiger partial charge in [0.2, 0.25) is 15.9 Å². The Bertz CT molecular complexity index is 1570. The molecular formula is C24H24ClF6N5O5S. The molecule has 0 aliphatic rings. The van der Waals surface area contributed by atoms with Crippen LogP contribution in [0.3, 0.4) is 0 Å². The highest BCUT2D eigenvalue weighted by molar-refractivity contribution is 7.89. The number of aliphatic hydroxyl groups excluding tert-OH is 1. The zero-order valence-corrected chi connectivity index (χ0v) is 23.2. The topological polar surface area (TPSA) is 135 Å². The smallest absolute Gasteiger partial charge is 0.382 e. The number of aromatic nitrogens is 3. The van der Waals surface area contributed by atoms with Crippen molar-refractivity contribution in [2.24, 2.45) is 0 Å². The van der Waals surface area contributed by atoms with Gasteiger partial charge in [-0.15, -0.1) is 5.10 Å². The van der Waals surface area contributed by atoms with Gasteiger partial charge in [0.1, 0.15) is 6.54 Å². The van der Waals surface area contributed by atoms with Crippen LogP contribution in [0, 0.1) is 0 Å². The molecule has 230 valence electrons. The summed E-state index contributed by atoms with van der Waals surface area (Å²) in [6.45, 7) is -1.41. The minimum absolute atomic E-state index is 0.120. The third-order valence-electron chi connectivity index (χ3n) is 5.89. The number of nitrogens with one attached hydrogen (secondary N) is 2. The number of carbonyl (C=O) groups is 1. The molecule has 0 radical (unpaired) electrons. The van der Waals surface area contributed by atoms with Crippen molar-refractivity contribution in [3.63, 3.8) is 0 Å². The predicted molar refractivity (Wildman–Crippen MR) is 139 cm³/mol. The summed E-state index contributed by atoms with van der Waals surface area (Å²) in [5.41, 5.74) is -2.27. The zero-order valence-electron chi connectivity index (χ0n) is 21.6. The van der Waals surface area contributed by atoms with Crippen LogP contribution in [0.4, 0.5) is 26.3 Å². The second-order valence-electron chi connectivity index (χ2n) is 8.93. The molecule has 0 bridgehead atoms. The quantitative estimate of drug-likeness (QED) is 0.275. The van der Waals surface area contributed by atoms with Crippen LogP contribution >= 0.6 is 11.6 Å². The van der Waals surface area contributed by atoms with Crippen LogP contribution in [0.15, 0.2) is 53.3 Å². The van der Waals surface area contributed by atoms with Crippen molar-refractivity contribution in [3.05, 3.63) is 75.2 Å². The first-order chi connectivity index (χ1) is 19.4. The van der Waals surface area contributed by atoms with Crippen LogP contribution in [0.5, 0.6) is 0 Å². The molecule has 0 fully saturated rings. The maximum Gasteiger partial charge on any atom is 0.416 e. The van der Waals surface area contributed by atoms with Gasteiger partial charge in [0, 0.05) is 17.1 Å². The maximum atomic E-state index is 13.3. The Kier molecular flexibility index (Phi) is 10.1. The second-order valence-corrected chi connectivity index (χ2v) is 11.5. The summed E-state index contributed by atoms with van der Waals surface area (Å²) >= 11 is 5.84. The van der Waals surface area contributed by atoms with Crippen LogP contribution in [-0.2, 0) is 34.1 Å². The summed E-state index contributed by atoms with van der Waals surface area (Å²) in [5, 5.41) is 16.1. The van der Waals surface area contributed by atoms with E-state index in [-0.39, 0.29) is 27.7 Å². The lowest BCUT2D eigenvalue weighted by Crippen LogP contribution is -2.41. The predicted octanol–water partition coefficient (Wildman–Crippen LogP) is 3.10. The third-order valence-corrected chi connectivity index (χ3v) is 7.51. The fourth-order valence-corrected chi connectivity index (χ4v) is 4.42. The fourth-order valence-electron chi connectivity index (χ4n) is 3.67. The van der Waals surface area contributed by atoms with Crippen molar-refractivity contribution < 1.29 is 44.7 Å². The van der Waals surface area contributed by atoms with E-state index in [1.807, 2.05) is 0 Å². The molecule has 1 unspecified atom stereocenters. The summed E-state index contributed by atoms with van der Waals surface area (Å²) in [5.74, 6) is -1.72. The molecular weight excluding hydrogens is 620 g/mol. The van der Waals surface area contributed by atoms with E-state index >= 15 is 0 Å². The van der Waals surface area contributed by atoms with Crippen LogP contribution < -0.4 is 15.7 Å². The molecule has 42 heavy (non-hydrogen) atoms. The molecule has 1 amide bonds. The Morgan fingerprint density at radius 2 is 1.74 bits per heavy atom. The average molecular weight is 644 g/mol. The molecule has 0 aliphatic carbocycles. The zero-order chi connectivity index (χ0) is 31.5. The van der Waals surface area contributed by atoms with Crippen molar-refractivity contribution in [2.45, 2.75) is 44.5 Å². The number of hydrogen-bond donors (Lipinski definition) is 3. The van der Waals surface area contributed by atoms with E-state index < -0.39 is 71.3 Å². The van der Waals surface area contributed by atoms with Gasteiger partial charge in [-0.25, -0.2) is 22.6 Å². The fraction of sp³-hybridized carbons (Fsp3) is 0.375. The number of nitrogens with zero attached hydrogens (tertiary/aromatic N) is 3. The molecule has 0 saturated carbocycles. The standard InChI is InChI=1S/C24H24ClF6N5O5S/c1-2-42(40,41)32-11-18(15-4-3-5-16(10-15)23(26,27)28)33-20(38)13-36-22(39)35(12-19(37)24(29,30)31)21(34-36)14-6-8-17(25)9-7-14/h3-10,18-19,32,37H,2,11-13H2,1H3,(H,33,38)/t18?,19-/m0/s1. The van der Waals surface area contributed by atoms with E-state index in [4.69, 9.17) is 11.6 Å². The van der Waals surface area contributed by atoms with E-state index in [1.54, 1.807) is 0 Å². The monoisotopic (exact) mass is 643 g/mol. The number of hydrogen-bond acceptors (Lipinski definition) is 6. The highest BCUT2D eigenvalue weighted by Gasteiger charge is 2.39. The molecule has 10 nitrogen and oxygen atoms in total. The van der Waals surface area contributed by atoms with Crippen molar-refractivity contribution >= 4 is 27.5 Å². The molecule has 3 aromatic rings. The molecule has 3 rings (SSSR count). The van der Waals surface area contributed by atoms with E-state index in [0.717, 1.165) is 12.1 Å². The Hall–Kier alpha value is -3.41. The molecule has 1 heterocycles. The second kappa shape index (κ2) is 12.8. The third kappa shape index (κ3) is 8.56. The van der Waals surface area contributed by atoms with Crippen LogP contribution in [-0.4, -0.2) is 58.4 Å². The van der Waals surface area contributed by atoms with E-state index in [9.17, 15) is 49.5 Å². The Balaban J connectivity index is 1.95. The maximum absolute atomic E-state index is 13.3. The van der Waals surface area contributed by atoms with E-state index in [2.05, 4.69) is 15.1 Å². The van der Waals surface area contributed by atoms with Gasteiger partial charge < -0.3 is 10.4 Å². The lowest BCUT2D eigenvalue weighted by molar-refractivity contribution is -0.207. The average Bonchev–Trinajstić information content (AvgIpc) is 3.20. The molecule has 2 aromatic carbocycles. The Morgan fingerprint density at radius 1 is 1.10 bits per heavy atom. The number of benzene rings is 2. The van der Waals surface area contributed by atoms with Crippen LogP contribution in [0.25, 0.3) is 11.4 Å². The van der Waals surface area contributed by atoms with Gasteiger partial charge in [0.25, 0.3) is 0 Å². The van der Waals surface area contributed by atoms with Crippen LogP contribution in [0.2, 0.25) is 5.02 Å². The van der Waals surface area contributed by atoms with E-state index in [0.29, 0.717) is 15.3 Å². The minimum atomic E-state index is -5.08. The van der Waals surface area contributed by atoms with Gasteiger partial charge in [0.15, 0.2) is 11.9 Å².